The summed E-state index contributed by atoms with van der Waals surface area (Å²) in [6, 6.07) is 0. The Balaban J connectivity index is 1.48. The van der Waals surface area contributed by atoms with Gasteiger partial charge in [0.1, 0.15) is 6.10 Å². The molecule has 5 fully saturated rings. The molecule has 6 nitrogen and oxygen atoms in total. The molecule has 0 radical (unpaired) electrons. The van der Waals surface area contributed by atoms with Crippen molar-refractivity contribution in [2.45, 2.75) is 119 Å². The number of hydrogen-bond acceptors (Lipinski definition) is 6. The maximum absolute atomic E-state index is 13.8. The highest BCUT2D eigenvalue weighted by atomic mass is 16.6. The molecule has 5 aliphatic carbocycles. The largest absolute Gasteiger partial charge is 0.466 e. The van der Waals surface area contributed by atoms with Gasteiger partial charge in [0, 0.05) is 12.3 Å². The van der Waals surface area contributed by atoms with E-state index in [1.54, 1.807) is 6.92 Å². The zero-order valence-corrected chi connectivity index (χ0v) is 26.8. The third kappa shape index (κ3) is 4.34. The van der Waals surface area contributed by atoms with Crippen LogP contribution < -0.4 is 0 Å². The SMILES string of the molecule is C/C=C/[C@@H]1CCC2(C(=O)OCC(=O)OC)CC[C@]3(C)[C@H](CCC4[C@@]5(C)CC[C@H](OC(C)=O)C(C)(C)[C@@H]5CC[C@]43C)C12. The van der Waals surface area contributed by atoms with Crippen LogP contribution in [0.25, 0.3) is 0 Å². The maximum atomic E-state index is 13.8. The molecule has 230 valence electrons. The minimum absolute atomic E-state index is 0.0132. The molecular weight excluding hydrogens is 516 g/mol. The number of fused-ring (bicyclic) bond motifs is 7. The second kappa shape index (κ2) is 10.4. The Labute approximate surface area is 247 Å². The second-order valence-electron chi connectivity index (χ2n) is 15.7. The van der Waals surface area contributed by atoms with Crippen molar-refractivity contribution < 1.29 is 28.6 Å². The van der Waals surface area contributed by atoms with Gasteiger partial charge in [0.05, 0.1) is 12.5 Å². The number of rotatable bonds is 5. The van der Waals surface area contributed by atoms with Crippen molar-refractivity contribution in [2.24, 2.45) is 56.7 Å². The van der Waals surface area contributed by atoms with Crippen LogP contribution in [0, 0.1) is 56.7 Å². The molecule has 5 aliphatic rings. The summed E-state index contributed by atoms with van der Waals surface area (Å²) >= 11 is 0. The van der Waals surface area contributed by atoms with Gasteiger partial charge in [-0.15, -0.1) is 0 Å². The topological polar surface area (TPSA) is 78.9 Å². The van der Waals surface area contributed by atoms with Gasteiger partial charge in [-0.25, -0.2) is 4.79 Å². The van der Waals surface area contributed by atoms with Crippen molar-refractivity contribution in [1.82, 2.24) is 0 Å². The fourth-order valence-corrected chi connectivity index (χ4v) is 12.2. The standard InChI is InChI=1S/C35H54O6/c1-9-10-23-13-18-35(30(38)40-21-28(37)39-8)20-19-33(6)24(29(23)35)11-12-26-32(5)16-15-27(41-22(2)36)31(3,4)25(32)14-17-34(26,33)7/h9-10,23-27,29H,11-21H2,1-8H3/b10-9+/t23-,24-,25+,26?,27+,29?,32+,33-,34-,35?/m1/s1. The number of methoxy groups -OCH3 is 1. The summed E-state index contributed by atoms with van der Waals surface area (Å²) < 4.78 is 16.4. The smallest absolute Gasteiger partial charge is 0.344 e. The van der Waals surface area contributed by atoms with E-state index in [0.29, 0.717) is 23.7 Å². The monoisotopic (exact) mass is 570 g/mol. The summed E-state index contributed by atoms with van der Waals surface area (Å²) in [6.07, 6.45) is 14.9. The first-order valence-corrected chi connectivity index (χ1v) is 16.3. The Hall–Kier alpha value is -1.85. The summed E-state index contributed by atoms with van der Waals surface area (Å²) in [7, 11) is 1.33. The Morgan fingerprint density at radius 3 is 2.22 bits per heavy atom. The Kier molecular flexibility index (Phi) is 7.76. The maximum Gasteiger partial charge on any atom is 0.344 e. The molecule has 0 aliphatic heterocycles. The molecule has 0 spiro atoms. The van der Waals surface area contributed by atoms with Crippen LogP contribution in [0.2, 0.25) is 0 Å². The zero-order valence-electron chi connectivity index (χ0n) is 26.8. The van der Waals surface area contributed by atoms with Crippen molar-refractivity contribution >= 4 is 17.9 Å². The van der Waals surface area contributed by atoms with E-state index in [2.05, 4.69) is 53.7 Å². The van der Waals surface area contributed by atoms with E-state index in [9.17, 15) is 14.4 Å². The molecule has 0 N–H and O–H groups in total. The first kappa shape index (κ1) is 30.6. The number of esters is 3. The van der Waals surface area contributed by atoms with Crippen LogP contribution in [-0.4, -0.2) is 37.7 Å². The number of carbonyl (C=O) groups excluding carboxylic acids is 3. The van der Waals surface area contributed by atoms with Gasteiger partial charge in [-0.1, -0.05) is 46.8 Å². The van der Waals surface area contributed by atoms with Gasteiger partial charge in [0.2, 0.25) is 0 Å². The van der Waals surface area contributed by atoms with Gasteiger partial charge in [-0.05, 0) is 117 Å². The predicted octanol–water partition coefficient (Wildman–Crippen LogP) is 7.29. The Bertz CT molecular complexity index is 1090. The average Bonchev–Trinajstić information content (AvgIpc) is 3.28. The third-order valence-electron chi connectivity index (χ3n) is 14.1. The minimum atomic E-state index is -0.517. The van der Waals surface area contributed by atoms with Crippen LogP contribution in [0.5, 0.6) is 0 Å². The molecule has 6 heteroatoms. The quantitative estimate of drug-likeness (QED) is 0.196. The van der Waals surface area contributed by atoms with Crippen LogP contribution in [0.1, 0.15) is 113 Å². The van der Waals surface area contributed by atoms with Gasteiger partial charge in [0.25, 0.3) is 0 Å². The van der Waals surface area contributed by atoms with Gasteiger partial charge in [-0.2, -0.15) is 0 Å². The molecule has 0 heterocycles. The van der Waals surface area contributed by atoms with E-state index in [1.165, 1.54) is 20.0 Å². The lowest BCUT2D eigenvalue weighted by atomic mass is 9.32. The van der Waals surface area contributed by atoms with Crippen molar-refractivity contribution in [3.05, 3.63) is 12.2 Å². The molecule has 0 aromatic carbocycles. The van der Waals surface area contributed by atoms with E-state index in [-0.39, 0.29) is 52.2 Å². The lowest BCUT2D eigenvalue weighted by Crippen LogP contribution is -2.67. The molecule has 0 bridgehead atoms. The number of ether oxygens (including phenoxy) is 3. The minimum Gasteiger partial charge on any atom is -0.466 e. The van der Waals surface area contributed by atoms with Gasteiger partial charge < -0.3 is 14.2 Å². The zero-order chi connectivity index (χ0) is 30.0. The molecule has 10 atom stereocenters. The van der Waals surface area contributed by atoms with E-state index < -0.39 is 11.4 Å². The molecule has 5 rings (SSSR count). The lowest BCUT2D eigenvalue weighted by Gasteiger charge is -2.72. The summed E-state index contributed by atoms with van der Waals surface area (Å²) in [5, 5.41) is 0. The molecule has 0 amide bonds. The summed E-state index contributed by atoms with van der Waals surface area (Å²) in [5.74, 6) is 1.32. The molecule has 0 saturated heterocycles. The van der Waals surface area contributed by atoms with E-state index in [0.717, 1.165) is 51.4 Å². The Morgan fingerprint density at radius 2 is 1.56 bits per heavy atom. The fraction of sp³-hybridized carbons (Fsp3) is 0.857. The third-order valence-corrected chi connectivity index (χ3v) is 14.1. The normalized spacial score (nSPS) is 46.4. The molecule has 5 saturated carbocycles. The van der Waals surface area contributed by atoms with Crippen LogP contribution in [-0.2, 0) is 28.6 Å². The molecule has 3 unspecified atom stereocenters. The van der Waals surface area contributed by atoms with Crippen molar-refractivity contribution in [3.8, 4) is 0 Å². The first-order valence-electron chi connectivity index (χ1n) is 16.3. The number of allylic oxidation sites excluding steroid dienone is 2. The summed E-state index contributed by atoms with van der Waals surface area (Å²) in [6.45, 7) is 15.7. The second-order valence-corrected chi connectivity index (χ2v) is 15.7. The molecular formula is C35H54O6. The van der Waals surface area contributed by atoms with E-state index in [1.807, 2.05) is 0 Å². The van der Waals surface area contributed by atoms with Gasteiger partial charge >= 0.3 is 17.9 Å². The van der Waals surface area contributed by atoms with Crippen molar-refractivity contribution in [1.29, 1.82) is 0 Å². The first-order chi connectivity index (χ1) is 19.2. The van der Waals surface area contributed by atoms with E-state index in [4.69, 9.17) is 14.2 Å². The molecule has 0 aromatic heterocycles. The van der Waals surface area contributed by atoms with Crippen LogP contribution in [0.4, 0.5) is 0 Å². The fourth-order valence-electron chi connectivity index (χ4n) is 12.2. The Morgan fingerprint density at radius 1 is 0.829 bits per heavy atom. The lowest BCUT2D eigenvalue weighted by molar-refractivity contribution is -0.250. The van der Waals surface area contributed by atoms with E-state index >= 15 is 0 Å². The summed E-state index contributed by atoms with van der Waals surface area (Å²) in [4.78, 5) is 37.7. The van der Waals surface area contributed by atoms with Crippen molar-refractivity contribution in [2.75, 3.05) is 13.7 Å². The van der Waals surface area contributed by atoms with Gasteiger partial charge in [0.15, 0.2) is 6.61 Å². The van der Waals surface area contributed by atoms with Crippen LogP contribution >= 0.6 is 0 Å². The highest BCUT2D eigenvalue weighted by Crippen LogP contribution is 2.77. The molecule has 0 aromatic rings. The average molecular weight is 571 g/mol. The molecule has 41 heavy (non-hydrogen) atoms. The summed E-state index contributed by atoms with van der Waals surface area (Å²) in [5.41, 5.74) is -0.0615. The van der Waals surface area contributed by atoms with Crippen LogP contribution in [0.3, 0.4) is 0 Å². The predicted molar refractivity (Wildman–Crippen MR) is 157 cm³/mol. The van der Waals surface area contributed by atoms with Crippen LogP contribution in [0.15, 0.2) is 12.2 Å². The number of hydrogen-bond donors (Lipinski definition) is 0. The highest BCUT2D eigenvalue weighted by Gasteiger charge is 2.72. The highest BCUT2D eigenvalue weighted by molar-refractivity contribution is 5.81. The number of carbonyl (C=O) groups is 3. The van der Waals surface area contributed by atoms with Gasteiger partial charge in [-0.3, -0.25) is 9.59 Å². The van der Waals surface area contributed by atoms with Crippen molar-refractivity contribution in [3.63, 3.8) is 0 Å².